The second-order valence-electron chi connectivity index (χ2n) is 6.05. The number of carbonyl (C=O) groups excluding carboxylic acids is 1. The molecule has 1 aromatic carbocycles. The highest BCUT2D eigenvalue weighted by Crippen LogP contribution is 2.31. The van der Waals surface area contributed by atoms with E-state index in [1.165, 1.54) is 5.56 Å². The van der Waals surface area contributed by atoms with E-state index >= 15 is 0 Å². The number of benzene rings is 1. The van der Waals surface area contributed by atoms with E-state index in [-0.39, 0.29) is 11.8 Å². The first-order chi connectivity index (χ1) is 11.2. The summed E-state index contributed by atoms with van der Waals surface area (Å²) >= 11 is 0. The van der Waals surface area contributed by atoms with Crippen molar-refractivity contribution in [2.24, 2.45) is 10.9 Å². The van der Waals surface area contributed by atoms with Crippen LogP contribution in [0.15, 0.2) is 29.3 Å². The van der Waals surface area contributed by atoms with Crippen LogP contribution in [0.5, 0.6) is 0 Å². The van der Waals surface area contributed by atoms with Crippen LogP contribution in [0.3, 0.4) is 0 Å². The first kappa shape index (κ1) is 17.3. The molecule has 1 amide bonds. The average molecular weight is 316 g/mol. The van der Waals surface area contributed by atoms with Crippen molar-refractivity contribution in [3.8, 4) is 0 Å². The van der Waals surface area contributed by atoms with Crippen molar-refractivity contribution >= 4 is 17.6 Å². The Morgan fingerprint density at radius 3 is 2.74 bits per heavy atom. The normalized spacial score (nSPS) is 17.7. The lowest BCUT2D eigenvalue weighted by molar-refractivity contribution is -0.116. The number of aliphatic imine (C=N–C) groups is 1. The summed E-state index contributed by atoms with van der Waals surface area (Å²) in [7, 11) is 1.78. The molecule has 126 valence electrons. The molecule has 3 N–H and O–H groups in total. The van der Waals surface area contributed by atoms with Crippen LogP contribution < -0.4 is 16.0 Å². The molecule has 2 rings (SSSR count). The van der Waals surface area contributed by atoms with E-state index in [4.69, 9.17) is 0 Å². The van der Waals surface area contributed by atoms with E-state index in [1.807, 2.05) is 18.2 Å². The predicted molar refractivity (Wildman–Crippen MR) is 95.9 cm³/mol. The molecular formula is C18H28N4O. The quantitative estimate of drug-likeness (QED) is 0.558. The standard InChI is InChI=1S/C18H28N4O/c1-4-13(5-2)11-20-18(19-3)21-12-14-10-17(23)22-16-9-7-6-8-15(14)16/h6-9,13-14H,4-5,10-12H2,1-3H3,(H,22,23)(H2,19,20,21). The van der Waals surface area contributed by atoms with Gasteiger partial charge in [-0.3, -0.25) is 9.79 Å². The second-order valence-corrected chi connectivity index (χ2v) is 6.05. The molecular weight excluding hydrogens is 288 g/mol. The third-order valence-electron chi connectivity index (χ3n) is 4.56. The van der Waals surface area contributed by atoms with E-state index in [9.17, 15) is 4.79 Å². The zero-order valence-electron chi connectivity index (χ0n) is 14.4. The molecule has 1 aromatic rings. The van der Waals surface area contributed by atoms with Gasteiger partial charge in [0.2, 0.25) is 5.91 Å². The topological polar surface area (TPSA) is 65.5 Å². The van der Waals surface area contributed by atoms with Crippen molar-refractivity contribution < 1.29 is 4.79 Å². The number of rotatable bonds is 6. The number of amides is 1. The van der Waals surface area contributed by atoms with Crippen LogP contribution >= 0.6 is 0 Å². The summed E-state index contributed by atoms with van der Waals surface area (Å²) in [5, 5.41) is 9.68. The Labute approximate surface area is 139 Å². The molecule has 0 bridgehead atoms. The minimum Gasteiger partial charge on any atom is -0.356 e. The first-order valence-corrected chi connectivity index (χ1v) is 8.51. The smallest absolute Gasteiger partial charge is 0.225 e. The molecule has 0 aliphatic carbocycles. The van der Waals surface area contributed by atoms with E-state index in [0.717, 1.165) is 31.0 Å². The number of guanidine groups is 1. The van der Waals surface area contributed by atoms with Crippen molar-refractivity contribution in [3.05, 3.63) is 29.8 Å². The maximum atomic E-state index is 11.9. The van der Waals surface area contributed by atoms with Gasteiger partial charge in [0.1, 0.15) is 0 Å². The molecule has 1 aliphatic rings. The fraction of sp³-hybridized carbons (Fsp3) is 0.556. The molecule has 1 heterocycles. The Hall–Kier alpha value is -2.04. The molecule has 5 heteroatoms. The van der Waals surface area contributed by atoms with Crippen molar-refractivity contribution in [1.82, 2.24) is 10.6 Å². The molecule has 1 unspecified atom stereocenters. The SMILES string of the molecule is CCC(CC)CNC(=NC)NCC1CC(=O)Nc2ccccc21. The number of anilines is 1. The Bertz CT molecular complexity index is 552. The van der Waals surface area contributed by atoms with Crippen LogP contribution in [0.25, 0.3) is 0 Å². The lowest BCUT2D eigenvalue weighted by atomic mass is 9.90. The maximum Gasteiger partial charge on any atom is 0.225 e. The van der Waals surface area contributed by atoms with Crippen LogP contribution in [-0.2, 0) is 4.79 Å². The Balaban J connectivity index is 1.93. The molecule has 0 fully saturated rings. The third kappa shape index (κ3) is 4.71. The molecule has 0 saturated carbocycles. The van der Waals surface area contributed by atoms with Gasteiger partial charge in [-0.25, -0.2) is 0 Å². The van der Waals surface area contributed by atoms with Gasteiger partial charge in [-0.1, -0.05) is 44.9 Å². The second kappa shape index (κ2) is 8.56. The number of nitrogens with zero attached hydrogens (tertiary/aromatic N) is 1. The van der Waals surface area contributed by atoms with Crippen LogP contribution in [0.2, 0.25) is 0 Å². The monoisotopic (exact) mass is 316 g/mol. The van der Waals surface area contributed by atoms with Crippen LogP contribution in [0, 0.1) is 5.92 Å². The molecule has 0 aromatic heterocycles. The molecule has 0 saturated heterocycles. The third-order valence-corrected chi connectivity index (χ3v) is 4.56. The van der Waals surface area contributed by atoms with Gasteiger partial charge in [0, 0.05) is 38.2 Å². The van der Waals surface area contributed by atoms with Crippen molar-refractivity contribution in [2.75, 3.05) is 25.5 Å². The minimum absolute atomic E-state index is 0.0791. The first-order valence-electron chi connectivity index (χ1n) is 8.51. The van der Waals surface area contributed by atoms with Gasteiger partial charge in [0.25, 0.3) is 0 Å². The molecule has 1 aliphatic heterocycles. The van der Waals surface area contributed by atoms with Crippen LogP contribution in [-0.4, -0.2) is 32.0 Å². The average Bonchev–Trinajstić information content (AvgIpc) is 2.58. The van der Waals surface area contributed by atoms with Gasteiger partial charge in [0.05, 0.1) is 0 Å². The van der Waals surface area contributed by atoms with Crippen molar-refractivity contribution in [1.29, 1.82) is 0 Å². The molecule has 1 atom stereocenters. The highest BCUT2D eigenvalue weighted by molar-refractivity contribution is 5.94. The maximum absolute atomic E-state index is 11.9. The summed E-state index contributed by atoms with van der Waals surface area (Å²) in [5.74, 6) is 1.72. The van der Waals surface area contributed by atoms with Crippen molar-refractivity contribution in [2.45, 2.75) is 39.0 Å². The molecule has 5 nitrogen and oxygen atoms in total. The summed E-state index contributed by atoms with van der Waals surface area (Å²) < 4.78 is 0. The van der Waals surface area contributed by atoms with E-state index < -0.39 is 0 Å². The Morgan fingerprint density at radius 1 is 1.30 bits per heavy atom. The predicted octanol–water partition coefficient (Wildman–Crippen LogP) is 2.71. The van der Waals surface area contributed by atoms with Gasteiger partial charge in [-0.2, -0.15) is 0 Å². The summed E-state index contributed by atoms with van der Waals surface area (Å²) in [6.07, 6.45) is 2.83. The lowest BCUT2D eigenvalue weighted by Crippen LogP contribution is -2.42. The van der Waals surface area contributed by atoms with Gasteiger partial charge in [-0.15, -0.1) is 0 Å². The molecule has 23 heavy (non-hydrogen) atoms. The zero-order valence-corrected chi connectivity index (χ0v) is 14.4. The summed E-state index contributed by atoms with van der Waals surface area (Å²) in [6.45, 7) is 6.05. The van der Waals surface area contributed by atoms with Crippen LogP contribution in [0.1, 0.15) is 44.6 Å². The Morgan fingerprint density at radius 2 is 2.04 bits per heavy atom. The fourth-order valence-corrected chi connectivity index (χ4v) is 2.94. The summed E-state index contributed by atoms with van der Waals surface area (Å²) in [6, 6.07) is 8.01. The van der Waals surface area contributed by atoms with Gasteiger partial charge in [-0.05, 0) is 17.5 Å². The van der Waals surface area contributed by atoms with E-state index in [0.29, 0.717) is 18.9 Å². The number of hydrogen-bond acceptors (Lipinski definition) is 2. The number of para-hydroxylation sites is 1. The molecule has 0 radical (unpaired) electrons. The minimum atomic E-state index is 0.0791. The van der Waals surface area contributed by atoms with E-state index in [2.05, 4.69) is 40.9 Å². The summed E-state index contributed by atoms with van der Waals surface area (Å²) in [4.78, 5) is 16.1. The van der Waals surface area contributed by atoms with E-state index in [1.54, 1.807) is 7.05 Å². The number of nitrogens with one attached hydrogen (secondary N) is 3. The number of hydrogen-bond donors (Lipinski definition) is 3. The Kier molecular flexibility index (Phi) is 6.44. The van der Waals surface area contributed by atoms with Gasteiger partial charge in [0.15, 0.2) is 5.96 Å². The zero-order chi connectivity index (χ0) is 16.7. The highest BCUT2D eigenvalue weighted by atomic mass is 16.1. The van der Waals surface area contributed by atoms with Crippen LogP contribution in [0.4, 0.5) is 5.69 Å². The fourth-order valence-electron chi connectivity index (χ4n) is 2.94. The largest absolute Gasteiger partial charge is 0.356 e. The summed E-state index contributed by atoms with van der Waals surface area (Å²) in [5.41, 5.74) is 2.12. The highest BCUT2D eigenvalue weighted by Gasteiger charge is 2.24. The van der Waals surface area contributed by atoms with Gasteiger partial charge < -0.3 is 16.0 Å². The lowest BCUT2D eigenvalue weighted by Gasteiger charge is -2.26. The molecule has 0 spiro atoms. The van der Waals surface area contributed by atoms with Gasteiger partial charge >= 0.3 is 0 Å². The number of carbonyl (C=O) groups is 1. The van der Waals surface area contributed by atoms with Crippen molar-refractivity contribution in [3.63, 3.8) is 0 Å². The number of fused-ring (bicyclic) bond motifs is 1.